The average molecular weight is 320 g/mol. The van der Waals surface area contributed by atoms with Gasteiger partial charge in [0, 0.05) is 44.5 Å². The molecule has 122 valence electrons. The Morgan fingerprint density at radius 1 is 0.958 bits per heavy atom. The van der Waals surface area contributed by atoms with E-state index in [4.69, 9.17) is 0 Å². The molecule has 5 heteroatoms. The molecule has 0 spiro atoms. The monoisotopic (exact) mass is 320 g/mol. The number of benzene rings is 1. The lowest BCUT2D eigenvalue weighted by Gasteiger charge is -2.34. The van der Waals surface area contributed by atoms with Gasteiger partial charge < -0.3 is 4.90 Å². The Labute approximate surface area is 141 Å². The third kappa shape index (κ3) is 3.03. The number of carbonyl (C=O) groups excluding carboxylic acids is 1. The van der Waals surface area contributed by atoms with Crippen molar-refractivity contribution in [3.8, 4) is 0 Å². The zero-order valence-electron chi connectivity index (χ0n) is 13.5. The highest BCUT2D eigenvalue weighted by Gasteiger charge is 2.22. The van der Waals surface area contributed by atoms with E-state index < -0.39 is 0 Å². The number of rotatable bonds is 3. The molecular weight excluding hydrogens is 300 g/mol. The summed E-state index contributed by atoms with van der Waals surface area (Å²) in [5, 5.41) is 4.60. The largest absolute Gasteiger partial charge is 0.336 e. The second kappa shape index (κ2) is 6.45. The van der Waals surface area contributed by atoms with E-state index >= 15 is 0 Å². The van der Waals surface area contributed by atoms with Crippen molar-refractivity contribution in [2.45, 2.75) is 6.54 Å². The van der Waals surface area contributed by atoms with Gasteiger partial charge in [-0.1, -0.05) is 24.3 Å². The molecular formula is C19H20N4O. The summed E-state index contributed by atoms with van der Waals surface area (Å²) in [6.45, 7) is 4.12. The Bertz CT molecular complexity index is 802. The van der Waals surface area contributed by atoms with Gasteiger partial charge in [-0.05, 0) is 30.3 Å². The predicted molar refractivity (Wildman–Crippen MR) is 92.8 cm³/mol. The fraction of sp³-hybridized carbons (Fsp3) is 0.263. The van der Waals surface area contributed by atoms with E-state index in [1.807, 2.05) is 58.1 Å². The molecule has 0 N–H and O–H groups in total. The summed E-state index contributed by atoms with van der Waals surface area (Å²) in [5.41, 5.74) is 2.96. The maximum atomic E-state index is 12.5. The van der Waals surface area contributed by atoms with Gasteiger partial charge in [-0.25, -0.2) is 4.52 Å². The molecule has 24 heavy (non-hydrogen) atoms. The van der Waals surface area contributed by atoms with Crippen LogP contribution in [0.15, 0.2) is 60.8 Å². The zero-order valence-corrected chi connectivity index (χ0v) is 13.5. The van der Waals surface area contributed by atoms with E-state index in [1.165, 1.54) is 0 Å². The summed E-state index contributed by atoms with van der Waals surface area (Å²) < 4.78 is 1.91. The molecule has 1 aliphatic heterocycles. The molecule has 0 unspecified atom stereocenters. The minimum absolute atomic E-state index is 0.128. The summed E-state index contributed by atoms with van der Waals surface area (Å²) in [6.07, 6.45) is 1.97. The number of piperazine rings is 1. The maximum absolute atomic E-state index is 12.5. The maximum Gasteiger partial charge on any atom is 0.253 e. The summed E-state index contributed by atoms with van der Waals surface area (Å²) in [5.74, 6) is 0.128. The van der Waals surface area contributed by atoms with E-state index in [9.17, 15) is 4.79 Å². The fourth-order valence-electron chi connectivity index (χ4n) is 3.17. The number of hydrogen-bond donors (Lipinski definition) is 0. The molecule has 1 fully saturated rings. The van der Waals surface area contributed by atoms with E-state index in [2.05, 4.69) is 22.1 Å². The zero-order chi connectivity index (χ0) is 16.4. The molecule has 1 aromatic carbocycles. The highest BCUT2D eigenvalue weighted by Crippen LogP contribution is 2.12. The lowest BCUT2D eigenvalue weighted by molar-refractivity contribution is 0.0627. The van der Waals surface area contributed by atoms with Crippen LogP contribution in [0, 0.1) is 0 Å². The molecule has 3 aromatic rings. The average Bonchev–Trinajstić information content (AvgIpc) is 3.05. The predicted octanol–water partition coefficient (Wildman–Crippen LogP) is 2.29. The normalized spacial score (nSPS) is 15.8. The van der Waals surface area contributed by atoms with Crippen molar-refractivity contribution in [3.05, 3.63) is 72.1 Å². The van der Waals surface area contributed by atoms with Crippen molar-refractivity contribution in [2.24, 2.45) is 0 Å². The van der Waals surface area contributed by atoms with Gasteiger partial charge in [0.1, 0.15) is 0 Å². The minimum Gasteiger partial charge on any atom is -0.336 e. The lowest BCUT2D eigenvalue weighted by Crippen LogP contribution is -2.48. The summed E-state index contributed by atoms with van der Waals surface area (Å²) in [7, 11) is 0. The first-order valence-electron chi connectivity index (χ1n) is 8.29. The second-order valence-electron chi connectivity index (χ2n) is 6.14. The van der Waals surface area contributed by atoms with Crippen LogP contribution in [0.1, 0.15) is 16.1 Å². The Kier molecular flexibility index (Phi) is 4.01. The number of fused-ring (bicyclic) bond motifs is 1. The number of nitrogens with zero attached hydrogens (tertiary/aromatic N) is 4. The van der Waals surface area contributed by atoms with Crippen LogP contribution < -0.4 is 0 Å². The van der Waals surface area contributed by atoms with E-state index in [-0.39, 0.29) is 5.91 Å². The van der Waals surface area contributed by atoms with Crippen LogP contribution in [0.3, 0.4) is 0 Å². The van der Waals surface area contributed by atoms with Crippen LogP contribution in [0.25, 0.3) is 5.52 Å². The van der Waals surface area contributed by atoms with Crippen LogP contribution in [-0.2, 0) is 6.54 Å². The van der Waals surface area contributed by atoms with Gasteiger partial charge in [-0.2, -0.15) is 5.10 Å². The summed E-state index contributed by atoms with van der Waals surface area (Å²) >= 11 is 0. The second-order valence-corrected chi connectivity index (χ2v) is 6.14. The van der Waals surface area contributed by atoms with Gasteiger partial charge in [-0.3, -0.25) is 9.69 Å². The molecule has 1 aliphatic rings. The molecule has 2 aromatic heterocycles. The molecule has 0 aliphatic carbocycles. The lowest BCUT2D eigenvalue weighted by atomic mass is 10.2. The third-order valence-corrected chi connectivity index (χ3v) is 4.49. The first kappa shape index (κ1) is 14.9. The molecule has 1 amide bonds. The van der Waals surface area contributed by atoms with E-state index in [0.29, 0.717) is 0 Å². The highest BCUT2D eigenvalue weighted by atomic mass is 16.2. The van der Waals surface area contributed by atoms with Crippen LogP contribution >= 0.6 is 0 Å². The number of amides is 1. The topological polar surface area (TPSA) is 40.9 Å². The first-order chi connectivity index (χ1) is 11.8. The van der Waals surface area contributed by atoms with Gasteiger partial charge in [0.15, 0.2) is 0 Å². The molecule has 0 atom stereocenters. The van der Waals surface area contributed by atoms with Crippen molar-refractivity contribution in [1.29, 1.82) is 0 Å². The van der Waals surface area contributed by atoms with Gasteiger partial charge in [0.05, 0.1) is 11.2 Å². The van der Waals surface area contributed by atoms with Gasteiger partial charge in [0.2, 0.25) is 0 Å². The molecule has 3 heterocycles. The van der Waals surface area contributed by atoms with Gasteiger partial charge in [-0.15, -0.1) is 0 Å². The van der Waals surface area contributed by atoms with Crippen LogP contribution in [0.5, 0.6) is 0 Å². The molecule has 1 saturated heterocycles. The Morgan fingerprint density at radius 2 is 1.71 bits per heavy atom. The minimum atomic E-state index is 0.128. The van der Waals surface area contributed by atoms with Gasteiger partial charge >= 0.3 is 0 Å². The number of pyridine rings is 1. The summed E-state index contributed by atoms with van der Waals surface area (Å²) in [6, 6.07) is 17.7. The number of carbonyl (C=O) groups is 1. The number of aromatic nitrogens is 2. The molecule has 0 saturated carbocycles. The van der Waals surface area contributed by atoms with Crippen molar-refractivity contribution < 1.29 is 4.79 Å². The first-order valence-corrected chi connectivity index (χ1v) is 8.29. The molecule has 4 rings (SSSR count). The van der Waals surface area contributed by atoms with Crippen molar-refractivity contribution in [1.82, 2.24) is 19.4 Å². The van der Waals surface area contributed by atoms with Crippen LogP contribution in [0.2, 0.25) is 0 Å². The fourth-order valence-corrected chi connectivity index (χ4v) is 3.17. The van der Waals surface area contributed by atoms with Crippen molar-refractivity contribution >= 4 is 11.4 Å². The number of hydrogen-bond acceptors (Lipinski definition) is 3. The van der Waals surface area contributed by atoms with Crippen molar-refractivity contribution in [3.63, 3.8) is 0 Å². The quantitative estimate of drug-likeness (QED) is 0.743. The van der Waals surface area contributed by atoms with Gasteiger partial charge in [0.25, 0.3) is 5.91 Å². The SMILES string of the molecule is O=C(c1ccccc1)N1CCN(Cc2cc3ccccn3n2)CC1. The Hall–Kier alpha value is -2.66. The Balaban J connectivity index is 1.37. The molecule has 0 radical (unpaired) electrons. The smallest absolute Gasteiger partial charge is 0.253 e. The molecule has 0 bridgehead atoms. The highest BCUT2D eigenvalue weighted by molar-refractivity contribution is 5.94. The van der Waals surface area contributed by atoms with Crippen LogP contribution in [0.4, 0.5) is 0 Å². The third-order valence-electron chi connectivity index (χ3n) is 4.49. The Morgan fingerprint density at radius 3 is 2.46 bits per heavy atom. The molecule has 5 nitrogen and oxygen atoms in total. The van der Waals surface area contributed by atoms with Crippen LogP contribution in [-0.4, -0.2) is 51.5 Å². The summed E-state index contributed by atoms with van der Waals surface area (Å²) in [4.78, 5) is 16.8. The van der Waals surface area contributed by atoms with E-state index in [1.54, 1.807) is 0 Å². The standard InChI is InChI=1S/C19H20N4O/c24-19(16-6-2-1-3-7-16)22-12-10-21(11-13-22)15-17-14-18-8-4-5-9-23(18)20-17/h1-9,14H,10-13,15H2. The van der Waals surface area contributed by atoms with E-state index in [0.717, 1.165) is 49.5 Å². The van der Waals surface area contributed by atoms with Crippen molar-refractivity contribution in [2.75, 3.05) is 26.2 Å².